The lowest BCUT2D eigenvalue weighted by molar-refractivity contribution is 0.102. The van der Waals surface area contributed by atoms with Crippen LogP contribution in [0.2, 0.25) is 0 Å². The van der Waals surface area contributed by atoms with E-state index in [1.807, 2.05) is 36.4 Å². The molecular formula is C25H33N5O. The van der Waals surface area contributed by atoms with Crippen molar-refractivity contribution in [3.05, 3.63) is 64.8 Å². The average Bonchev–Trinajstić information content (AvgIpc) is 3.09. The van der Waals surface area contributed by atoms with E-state index in [9.17, 15) is 4.79 Å². The summed E-state index contributed by atoms with van der Waals surface area (Å²) in [6.07, 6.45) is 2.16. The van der Waals surface area contributed by atoms with Gasteiger partial charge in [-0.3, -0.25) is 9.69 Å². The summed E-state index contributed by atoms with van der Waals surface area (Å²) in [4.78, 5) is 15.4. The molecule has 0 saturated carbocycles. The molecule has 1 aliphatic rings. The number of hydrogen-bond acceptors (Lipinski definition) is 4. The summed E-state index contributed by atoms with van der Waals surface area (Å²) in [7, 11) is 2.06. The minimum atomic E-state index is -0.0772. The van der Waals surface area contributed by atoms with Crippen LogP contribution in [0.1, 0.15) is 27.0 Å². The molecule has 1 aliphatic heterocycles. The highest BCUT2D eigenvalue weighted by atomic mass is 16.1. The van der Waals surface area contributed by atoms with E-state index in [2.05, 4.69) is 52.5 Å². The fraction of sp³-hybridized carbons (Fsp3) is 0.400. The first kappa shape index (κ1) is 21.6. The number of anilines is 1. The number of carbonyl (C=O) groups excluding carboxylic acids is 1. The summed E-state index contributed by atoms with van der Waals surface area (Å²) < 4.78 is 2.13. The summed E-state index contributed by atoms with van der Waals surface area (Å²) in [5.41, 5.74) is 6.26. The van der Waals surface area contributed by atoms with Crippen LogP contribution in [0, 0.1) is 13.8 Å². The lowest BCUT2D eigenvalue weighted by Gasteiger charge is -2.27. The van der Waals surface area contributed by atoms with Crippen molar-refractivity contribution in [1.29, 1.82) is 0 Å². The Morgan fingerprint density at radius 3 is 2.65 bits per heavy atom. The van der Waals surface area contributed by atoms with Crippen LogP contribution in [-0.4, -0.2) is 54.6 Å². The third kappa shape index (κ3) is 5.15. The molecule has 0 bridgehead atoms. The van der Waals surface area contributed by atoms with Crippen LogP contribution in [0.3, 0.4) is 0 Å². The van der Waals surface area contributed by atoms with Crippen molar-refractivity contribution in [2.24, 2.45) is 7.05 Å². The van der Waals surface area contributed by atoms with Crippen molar-refractivity contribution in [2.75, 3.05) is 44.6 Å². The molecule has 1 aromatic heterocycles. The van der Waals surface area contributed by atoms with Crippen LogP contribution in [0.5, 0.6) is 0 Å². The number of carbonyl (C=O) groups is 1. The Morgan fingerprint density at radius 1 is 1.06 bits per heavy atom. The van der Waals surface area contributed by atoms with E-state index in [1.54, 1.807) is 0 Å². The standard InChI is InChI=1S/C25H33N5O/c1-18-4-6-22(14-19(18)2)28-25(31)20-5-7-24-23(15-20)21(17-29(24)3)16-27-10-13-30-11-8-26-9-12-30/h4-7,14-15,17,26-27H,8-13,16H2,1-3H3,(H,28,31). The number of nitrogens with zero attached hydrogens (tertiary/aromatic N) is 2. The Kier molecular flexibility index (Phi) is 6.70. The lowest BCUT2D eigenvalue weighted by Crippen LogP contribution is -2.45. The zero-order valence-corrected chi connectivity index (χ0v) is 18.8. The minimum Gasteiger partial charge on any atom is -0.350 e. The van der Waals surface area contributed by atoms with Crippen molar-refractivity contribution >= 4 is 22.5 Å². The van der Waals surface area contributed by atoms with Crippen LogP contribution in [0.15, 0.2) is 42.6 Å². The number of hydrogen-bond donors (Lipinski definition) is 3. The molecule has 6 heteroatoms. The maximum atomic E-state index is 12.9. The minimum absolute atomic E-state index is 0.0772. The van der Waals surface area contributed by atoms with Crippen molar-refractivity contribution in [3.63, 3.8) is 0 Å². The van der Waals surface area contributed by atoms with Crippen molar-refractivity contribution in [2.45, 2.75) is 20.4 Å². The van der Waals surface area contributed by atoms with Gasteiger partial charge in [-0.2, -0.15) is 0 Å². The maximum Gasteiger partial charge on any atom is 0.255 e. The second kappa shape index (κ2) is 9.64. The van der Waals surface area contributed by atoms with Gasteiger partial charge in [0.25, 0.3) is 5.91 Å². The Labute approximate surface area is 184 Å². The molecule has 0 atom stereocenters. The molecule has 2 heterocycles. The van der Waals surface area contributed by atoms with Gasteiger partial charge in [-0.1, -0.05) is 6.07 Å². The van der Waals surface area contributed by atoms with Gasteiger partial charge in [0.1, 0.15) is 0 Å². The molecule has 6 nitrogen and oxygen atoms in total. The molecular weight excluding hydrogens is 386 g/mol. The summed E-state index contributed by atoms with van der Waals surface area (Å²) >= 11 is 0. The summed E-state index contributed by atoms with van der Waals surface area (Å²) in [5, 5.41) is 11.1. The number of benzene rings is 2. The zero-order valence-electron chi connectivity index (χ0n) is 18.8. The lowest BCUT2D eigenvalue weighted by atomic mass is 10.1. The number of aromatic nitrogens is 1. The maximum absolute atomic E-state index is 12.9. The second-order valence-corrected chi connectivity index (χ2v) is 8.52. The fourth-order valence-corrected chi connectivity index (χ4v) is 4.17. The van der Waals surface area contributed by atoms with E-state index in [4.69, 9.17) is 0 Å². The molecule has 0 unspecified atom stereocenters. The predicted octanol–water partition coefficient (Wildman–Crippen LogP) is 3.04. The van der Waals surface area contributed by atoms with Gasteiger partial charge in [0.2, 0.25) is 0 Å². The first-order chi connectivity index (χ1) is 15.0. The van der Waals surface area contributed by atoms with Crippen LogP contribution < -0.4 is 16.0 Å². The van der Waals surface area contributed by atoms with E-state index in [0.717, 1.165) is 62.4 Å². The Hall–Kier alpha value is -2.67. The average molecular weight is 420 g/mol. The highest BCUT2D eigenvalue weighted by Gasteiger charge is 2.13. The molecule has 0 radical (unpaired) electrons. The highest BCUT2D eigenvalue weighted by molar-refractivity contribution is 6.06. The molecule has 31 heavy (non-hydrogen) atoms. The van der Waals surface area contributed by atoms with Gasteiger partial charge in [0.05, 0.1) is 0 Å². The number of nitrogens with one attached hydrogen (secondary N) is 3. The monoisotopic (exact) mass is 419 g/mol. The number of fused-ring (bicyclic) bond motifs is 1. The molecule has 2 aromatic carbocycles. The van der Waals surface area contributed by atoms with Crippen LogP contribution in [0.4, 0.5) is 5.69 Å². The fourth-order valence-electron chi connectivity index (χ4n) is 4.17. The largest absolute Gasteiger partial charge is 0.350 e. The number of rotatable bonds is 7. The normalized spacial score (nSPS) is 14.8. The summed E-state index contributed by atoms with van der Waals surface area (Å²) in [6.45, 7) is 11.4. The van der Waals surface area contributed by atoms with E-state index in [1.165, 1.54) is 16.7 Å². The molecule has 1 amide bonds. The van der Waals surface area contributed by atoms with Crippen molar-refractivity contribution < 1.29 is 4.79 Å². The summed E-state index contributed by atoms with van der Waals surface area (Å²) in [6, 6.07) is 12.0. The molecule has 0 aliphatic carbocycles. The summed E-state index contributed by atoms with van der Waals surface area (Å²) in [5.74, 6) is -0.0772. The first-order valence-electron chi connectivity index (χ1n) is 11.1. The van der Waals surface area contributed by atoms with E-state index in [0.29, 0.717) is 5.56 Å². The second-order valence-electron chi connectivity index (χ2n) is 8.52. The number of piperazine rings is 1. The molecule has 1 fully saturated rings. The van der Waals surface area contributed by atoms with Gasteiger partial charge in [0, 0.05) is 81.2 Å². The van der Waals surface area contributed by atoms with Gasteiger partial charge in [-0.15, -0.1) is 0 Å². The van der Waals surface area contributed by atoms with Crippen LogP contribution in [-0.2, 0) is 13.6 Å². The van der Waals surface area contributed by atoms with E-state index < -0.39 is 0 Å². The SMILES string of the molecule is Cc1ccc(NC(=O)c2ccc3c(c2)c(CNCCN2CCNCC2)cn3C)cc1C. The molecule has 3 aromatic rings. The first-order valence-corrected chi connectivity index (χ1v) is 11.1. The number of aryl methyl sites for hydroxylation is 3. The third-order valence-electron chi connectivity index (χ3n) is 6.23. The molecule has 1 saturated heterocycles. The van der Waals surface area contributed by atoms with Gasteiger partial charge in [-0.25, -0.2) is 0 Å². The van der Waals surface area contributed by atoms with Gasteiger partial charge < -0.3 is 20.5 Å². The molecule has 4 rings (SSSR count). The molecule has 0 spiro atoms. The quantitative estimate of drug-likeness (QED) is 0.515. The number of amides is 1. The van der Waals surface area contributed by atoms with E-state index >= 15 is 0 Å². The van der Waals surface area contributed by atoms with Gasteiger partial charge >= 0.3 is 0 Å². The smallest absolute Gasteiger partial charge is 0.255 e. The van der Waals surface area contributed by atoms with Crippen LogP contribution in [0.25, 0.3) is 10.9 Å². The Bertz CT molecular complexity index is 1070. The van der Waals surface area contributed by atoms with E-state index in [-0.39, 0.29) is 5.91 Å². The van der Waals surface area contributed by atoms with Gasteiger partial charge in [0.15, 0.2) is 0 Å². The zero-order chi connectivity index (χ0) is 21.8. The Morgan fingerprint density at radius 2 is 1.87 bits per heavy atom. The van der Waals surface area contributed by atoms with Crippen molar-refractivity contribution in [1.82, 2.24) is 20.1 Å². The van der Waals surface area contributed by atoms with Crippen molar-refractivity contribution in [3.8, 4) is 0 Å². The highest BCUT2D eigenvalue weighted by Crippen LogP contribution is 2.23. The topological polar surface area (TPSA) is 61.3 Å². The Balaban J connectivity index is 1.43. The molecule has 3 N–H and O–H groups in total. The van der Waals surface area contributed by atoms with Gasteiger partial charge in [-0.05, 0) is 60.9 Å². The van der Waals surface area contributed by atoms with Crippen LogP contribution >= 0.6 is 0 Å². The molecule has 164 valence electrons. The third-order valence-corrected chi connectivity index (χ3v) is 6.23. The predicted molar refractivity (Wildman–Crippen MR) is 128 cm³/mol.